The van der Waals surface area contributed by atoms with Crippen molar-refractivity contribution in [3.8, 4) is 22.3 Å². The van der Waals surface area contributed by atoms with Gasteiger partial charge in [-0.05, 0) is 37.1 Å². The van der Waals surface area contributed by atoms with Gasteiger partial charge >= 0.3 is 0 Å². The molecule has 0 atom stereocenters. The van der Waals surface area contributed by atoms with E-state index < -0.39 is 5.82 Å². The lowest BCUT2D eigenvalue weighted by atomic mass is 10.0. The molecule has 1 aromatic carbocycles. The van der Waals surface area contributed by atoms with Crippen molar-refractivity contribution in [1.82, 2.24) is 14.8 Å². The summed E-state index contributed by atoms with van der Waals surface area (Å²) < 4.78 is 21.7. The van der Waals surface area contributed by atoms with Crippen molar-refractivity contribution >= 4 is 11.5 Å². The Kier molecular flexibility index (Phi) is 4.30. The third-order valence-electron chi connectivity index (χ3n) is 4.70. The van der Waals surface area contributed by atoms with E-state index in [-0.39, 0.29) is 5.82 Å². The summed E-state index contributed by atoms with van der Waals surface area (Å²) in [6.07, 6.45) is 7.36. The first-order valence-electron chi connectivity index (χ1n) is 8.55. The summed E-state index contributed by atoms with van der Waals surface area (Å²) >= 11 is 0. The number of pyridine rings is 1. The summed E-state index contributed by atoms with van der Waals surface area (Å²) in [5.41, 5.74) is 14.7. The molecule has 0 amide bonds. The Hall–Kier alpha value is -2.93. The summed E-state index contributed by atoms with van der Waals surface area (Å²) in [5, 5.41) is 4.48. The normalized spacial score (nSPS) is 15.3. The van der Waals surface area contributed by atoms with E-state index in [0.29, 0.717) is 22.9 Å². The van der Waals surface area contributed by atoms with E-state index in [1.807, 2.05) is 16.9 Å². The van der Waals surface area contributed by atoms with Crippen LogP contribution in [-0.4, -0.2) is 28.0 Å². The zero-order valence-corrected chi connectivity index (χ0v) is 14.2. The SMILES string of the molecule is Nc1ccc(-c2cc(-c3cnn(C4CCOCC4)c3)cnc2N)c(F)c1. The van der Waals surface area contributed by atoms with Crippen molar-refractivity contribution in [2.75, 3.05) is 24.7 Å². The molecule has 0 spiro atoms. The van der Waals surface area contributed by atoms with Crippen LogP contribution in [-0.2, 0) is 4.74 Å². The van der Waals surface area contributed by atoms with Crippen molar-refractivity contribution in [1.29, 1.82) is 0 Å². The Morgan fingerprint density at radius 2 is 1.85 bits per heavy atom. The smallest absolute Gasteiger partial charge is 0.133 e. The molecule has 0 saturated carbocycles. The second-order valence-electron chi connectivity index (χ2n) is 6.45. The predicted octanol–water partition coefficient (Wildman–Crippen LogP) is 3.27. The number of hydrogen-bond acceptors (Lipinski definition) is 5. The van der Waals surface area contributed by atoms with Crippen LogP contribution in [0.25, 0.3) is 22.3 Å². The molecular formula is C19H20FN5O. The number of nitrogens with zero attached hydrogens (tertiary/aromatic N) is 3. The number of nitrogen functional groups attached to an aromatic ring is 2. The molecule has 1 fully saturated rings. The zero-order chi connectivity index (χ0) is 18.1. The Morgan fingerprint density at radius 3 is 2.62 bits per heavy atom. The highest BCUT2D eigenvalue weighted by Gasteiger charge is 2.17. The van der Waals surface area contributed by atoms with Gasteiger partial charge in [-0.1, -0.05) is 0 Å². The van der Waals surface area contributed by atoms with E-state index in [4.69, 9.17) is 16.2 Å². The molecular weight excluding hydrogens is 333 g/mol. The molecule has 4 N–H and O–H groups in total. The van der Waals surface area contributed by atoms with Gasteiger partial charge in [0, 0.05) is 53.5 Å². The molecule has 6 nitrogen and oxygen atoms in total. The lowest BCUT2D eigenvalue weighted by Crippen LogP contribution is -2.19. The topological polar surface area (TPSA) is 92.0 Å². The fourth-order valence-electron chi connectivity index (χ4n) is 3.24. The minimum absolute atomic E-state index is 0.272. The predicted molar refractivity (Wildman–Crippen MR) is 98.8 cm³/mol. The van der Waals surface area contributed by atoms with Crippen molar-refractivity contribution < 1.29 is 9.13 Å². The van der Waals surface area contributed by atoms with Crippen molar-refractivity contribution in [3.05, 3.63) is 48.7 Å². The van der Waals surface area contributed by atoms with Crippen LogP contribution in [0.1, 0.15) is 18.9 Å². The molecule has 134 valence electrons. The summed E-state index contributed by atoms with van der Waals surface area (Å²) in [6.45, 7) is 1.51. The minimum atomic E-state index is -0.423. The molecule has 2 aromatic heterocycles. The molecule has 26 heavy (non-hydrogen) atoms. The molecule has 1 saturated heterocycles. The molecule has 7 heteroatoms. The van der Waals surface area contributed by atoms with E-state index in [1.54, 1.807) is 24.5 Å². The standard InChI is InChI=1S/C19H20FN5O/c20-18-8-14(21)1-2-16(18)17-7-12(9-23-19(17)22)13-10-24-25(11-13)15-3-5-26-6-4-15/h1-2,7-11,15H,3-6,21H2,(H2,22,23). The third kappa shape index (κ3) is 3.13. The molecule has 3 aromatic rings. The van der Waals surface area contributed by atoms with Crippen LogP contribution in [0.5, 0.6) is 0 Å². The maximum absolute atomic E-state index is 14.3. The molecule has 0 unspecified atom stereocenters. The fraction of sp³-hybridized carbons (Fsp3) is 0.263. The van der Waals surface area contributed by atoms with Gasteiger partial charge in [0.15, 0.2) is 0 Å². The second kappa shape index (κ2) is 6.76. The average molecular weight is 353 g/mol. The van der Waals surface area contributed by atoms with Gasteiger partial charge in [0.05, 0.1) is 12.2 Å². The summed E-state index contributed by atoms with van der Waals surface area (Å²) in [7, 11) is 0. The largest absolute Gasteiger partial charge is 0.399 e. The van der Waals surface area contributed by atoms with Gasteiger partial charge in [-0.2, -0.15) is 5.10 Å². The summed E-state index contributed by atoms with van der Waals surface area (Å²) in [6, 6.07) is 6.72. The maximum Gasteiger partial charge on any atom is 0.133 e. The van der Waals surface area contributed by atoms with Crippen LogP contribution >= 0.6 is 0 Å². The Balaban J connectivity index is 1.69. The second-order valence-corrected chi connectivity index (χ2v) is 6.45. The van der Waals surface area contributed by atoms with Crippen LogP contribution in [0, 0.1) is 5.82 Å². The van der Waals surface area contributed by atoms with Crippen molar-refractivity contribution in [2.45, 2.75) is 18.9 Å². The van der Waals surface area contributed by atoms with E-state index in [9.17, 15) is 4.39 Å². The minimum Gasteiger partial charge on any atom is -0.399 e. The van der Waals surface area contributed by atoms with Gasteiger partial charge in [0.2, 0.25) is 0 Å². The lowest BCUT2D eigenvalue weighted by molar-refractivity contribution is 0.0662. The first-order valence-corrected chi connectivity index (χ1v) is 8.55. The maximum atomic E-state index is 14.3. The summed E-state index contributed by atoms with van der Waals surface area (Å²) in [4.78, 5) is 4.24. The number of aromatic nitrogens is 3. The number of rotatable bonds is 3. The van der Waals surface area contributed by atoms with E-state index >= 15 is 0 Å². The third-order valence-corrected chi connectivity index (χ3v) is 4.70. The fourth-order valence-corrected chi connectivity index (χ4v) is 3.24. The number of halogens is 1. The van der Waals surface area contributed by atoms with E-state index in [2.05, 4.69) is 10.1 Å². The molecule has 0 bridgehead atoms. The number of benzene rings is 1. The van der Waals surface area contributed by atoms with Crippen LogP contribution in [0.15, 0.2) is 42.9 Å². The molecule has 0 radical (unpaired) electrons. The van der Waals surface area contributed by atoms with Crippen LogP contribution < -0.4 is 11.5 Å². The average Bonchev–Trinajstić information content (AvgIpc) is 3.14. The number of anilines is 2. The quantitative estimate of drug-likeness (QED) is 0.705. The first-order chi connectivity index (χ1) is 12.6. The molecule has 4 rings (SSSR count). The molecule has 1 aliphatic heterocycles. The van der Waals surface area contributed by atoms with Gasteiger partial charge in [-0.15, -0.1) is 0 Å². The molecule has 3 heterocycles. The zero-order valence-electron chi connectivity index (χ0n) is 14.2. The number of nitrogens with two attached hydrogens (primary N) is 2. The molecule has 0 aliphatic carbocycles. The van der Waals surface area contributed by atoms with Gasteiger partial charge in [0.1, 0.15) is 11.6 Å². The van der Waals surface area contributed by atoms with E-state index in [0.717, 1.165) is 37.2 Å². The number of ether oxygens (including phenoxy) is 1. The van der Waals surface area contributed by atoms with Crippen molar-refractivity contribution in [3.63, 3.8) is 0 Å². The van der Waals surface area contributed by atoms with Crippen molar-refractivity contribution in [2.24, 2.45) is 0 Å². The van der Waals surface area contributed by atoms with E-state index in [1.165, 1.54) is 6.07 Å². The Labute approximate surface area is 150 Å². The van der Waals surface area contributed by atoms with Gasteiger partial charge in [-0.3, -0.25) is 4.68 Å². The number of hydrogen-bond donors (Lipinski definition) is 2. The van der Waals surface area contributed by atoms with Crippen LogP contribution in [0.3, 0.4) is 0 Å². The van der Waals surface area contributed by atoms with Gasteiger partial charge in [0.25, 0.3) is 0 Å². The summed E-state index contributed by atoms with van der Waals surface area (Å²) in [5.74, 6) is -0.150. The highest BCUT2D eigenvalue weighted by Crippen LogP contribution is 2.32. The van der Waals surface area contributed by atoms with Crippen LogP contribution in [0.4, 0.5) is 15.9 Å². The lowest BCUT2D eigenvalue weighted by Gasteiger charge is -2.22. The monoisotopic (exact) mass is 353 g/mol. The highest BCUT2D eigenvalue weighted by molar-refractivity contribution is 5.79. The van der Waals surface area contributed by atoms with Crippen LogP contribution in [0.2, 0.25) is 0 Å². The highest BCUT2D eigenvalue weighted by atomic mass is 19.1. The Morgan fingerprint density at radius 1 is 1.04 bits per heavy atom. The first kappa shape index (κ1) is 16.5. The van der Waals surface area contributed by atoms with Gasteiger partial charge < -0.3 is 16.2 Å². The Bertz CT molecular complexity index is 933. The van der Waals surface area contributed by atoms with Gasteiger partial charge in [-0.25, -0.2) is 9.37 Å². The molecule has 1 aliphatic rings.